The summed E-state index contributed by atoms with van der Waals surface area (Å²) in [6.45, 7) is 11.2. The van der Waals surface area contributed by atoms with E-state index >= 15 is 0 Å². The molecule has 1 aromatic carbocycles. The van der Waals surface area contributed by atoms with Crippen molar-refractivity contribution in [2.24, 2.45) is 5.41 Å². The summed E-state index contributed by atoms with van der Waals surface area (Å²) in [7, 11) is 0. The van der Waals surface area contributed by atoms with Gasteiger partial charge in [0.25, 0.3) is 11.8 Å². The summed E-state index contributed by atoms with van der Waals surface area (Å²) in [5.74, 6) is -0.0740. The third kappa shape index (κ3) is 4.79. The highest BCUT2D eigenvalue weighted by Crippen LogP contribution is 2.13. The zero-order valence-electron chi connectivity index (χ0n) is 14.5. The summed E-state index contributed by atoms with van der Waals surface area (Å²) in [6.07, 6.45) is 0. The van der Waals surface area contributed by atoms with Crippen LogP contribution in [0.1, 0.15) is 48.4 Å². The first-order valence-corrected chi connectivity index (χ1v) is 8.18. The molecule has 1 aliphatic heterocycles. The summed E-state index contributed by atoms with van der Waals surface area (Å²) in [6, 6.07) is 7.11. The Bertz CT molecular complexity index is 561. The Labute approximate surface area is 138 Å². The van der Waals surface area contributed by atoms with Gasteiger partial charge in [-0.15, -0.1) is 0 Å². The molecule has 5 nitrogen and oxygen atoms in total. The van der Waals surface area contributed by atoms with Crippen LogP contribution in [-0.4, -0.2) is 48.9 Å². The Kier molecular flexibility index (Phi) is 5.42. The average Bonchev–Trinajstić information content (AvgIpc) is 2.52. The Morgan fingerprint density at radius 2 is 1.83 bits per heavy atom. The molecule has 126 valence electrons. The van der Waals surface area contributed by atoms with E-state index in [-0.39, 0.29) is 23.3 Å². The smallest absolute Gasteiger partial charge is 0.254 e. The van der Waals surface area contributed by atoms with E-state index in [1.165, 1.54) is 0 Å². The quantitative estimate of drug-likeness (QED) is 0.895. The van der Waals surface area contributed by atoms with Gasteiger partial charge in [-0.25, -0.2) is 0 Å². The highest BCUT2D eigenvalue weighted by molar-refractivity contribution is 5.98. The Morgan fingerprint density at radius 1 is 1.22 bits per heavy atom. The van der Waals surface area contributed by atoms with E-state index in [0.717, 1.165) is 13.1 Å². The van der Waals surface area contributed by atoms with E-state index in [1.54, 1.807) is 24.3 Å². The van der Waals surface area contributed by atoms with Gasteiger partial charge in [-0.05, 0) is 36.6 Å². The van der Waals surface area contributed by atoms with Gasteiger partial charge < -0.3 is 15.5 Å². The SMILES string of the molecule is C[C@@H]1CNCCN1C(=O)c1ccc(C(=O)NCC(C)(C)C)cc1. The zero-order valence-corrected chi connectivity index (χ0v) is 14.5. The molecule has 1 heterocycles. The molecule has 2 rings (SSSR count). The van der Waals surface area contributed by atoms with Crippen molar-refractivity contribution in [3.63, 3.8) is 0 Å². The van der Waals surface area contributed by atoms with Crippen molar-refractivity contribution in [1.29, 1.82) is 0 Å². The highest BCUT2D eigenvalue weighted by atomic mass is 16.2. The number of amides is 2. The van der Waals surface area contributed by atoms with Crippen LogP contribution >= 0.6 is 0 Å². The Morgan fingerprint density at radius 3 is 2.39 bits per heavy atom. The summed E-state index contributed by atoms with van der Waals surface area (Å²) < 4.78 is 0. The van der Waals surface area contributed by atoms with Crippen molar-refractivity contribution in [3.8, 4) is 0 Å². The number of carbonyl (C=O) groups is 2. The highest BCUT2D eigenvalue weighted by Gasteiger charge is 2.24. The molecule has 1 aliphatic rings. The molecule has 1 fully saturated rings. The largest absolute Gasteiger partial charge is 0.352 e. The van der Waals surface area contributed by atoms with Gasteiger partial charge in [-0.3, -0.25) is 9.59 Å². The number of nitrogens with zero attached hydrogens (tertiary/aromatic N) is 1. The van der Waals surface area contributed by atoms with Gasteiger partial charge in [0.15, 0.2) is 0 Å². The number of hydrogen-bond donors (Lipinski definition) is 2. The first-order valence-electron chi connectivity index (χ1n) is 8.18. The second kappa shape index (κ2) is 7.13. The van der Waals surface area contributed by atoms with Gasteiger partial charge in [0, 0.05) is 43.3 Å². The number of hydrogen-bond acceptors (Lipinski definition) is 3. The van der Waals surface area contributed by atoms with E-state index in [1.807, 2.05) is 11.8 Å². The summed E-state index contributed by atoms with van der Waals surface area (Å²) in [4.78, 5) is 26.5. The zero-order chi connectivity index (χ0) is 17.0. The number of benzene rings is 1. The molecule has 1 saturated heterocycles. The molecule has 2 N–H and O–H groups in total. The van der Waals surface area contributed by atoms with Crippen LogP contribution in [0.3, 0.4) is 0 Å². The van der Waals surface area contributed by atoms with Crippen LogP contribution < -0.4 is 10.6 Å². The summed E-state index contributed by atoms with van der Waals surface area (Å²) in [5, 5.41) is 6.19. The molecule has 1 aromatic rings. The monoisotopic (exact) mass is 317 g/mol. The lowest BCUT2D eigenvalue weighted by molar-refractivity contribution is 0.0655. The van der Waals surface area contributed by atoms with Crippen LogP contribution in [-0.2, 0) is 0 Å². The van der Waals surface area contributed by atoms with Crippen LogP contribution in [0.15, 0.2) is 24.3 Å². The van der Waals surface area contributed by atoms with Crippen LogP contribution in [0, 0.1) is 5.41 Å². The van der Waals surface area contributed by atoms with Crippen molar-refractivity contribution < 1.29 is 9.59 Å². The fraction of sp³-hybridized carbons (Fsp3) is 0.556. The fourth-order valence-electron chi connectivity index (χ4n) is 2.52. The van der Waals surface area contributed by atoms with Crippen molar-refractivity contribution in [2.75, 3.05) is 26.2 Å². The Hall–Kier alpha value is -1.88. The molecule has 0 aromatic heterocycles. The molecule has 0 aliphatic carbocycles. The van der Waals surface area contributed by atoms with Gasteiger partial charge in [0.2, 0.25) is 0 Å². The van der Waals surface area contributed by atoms with E-state index in [9.17, 15) is 9.59 Å². The standard InChI is InChI=1S/C18H27N3O2/c1-13-11-19-9-10-21(13)17(23)15-7-5-14(6-8-15)16(22)20-12-18(2,3)4/h5-8,13,19H,9-12H2,1-4H3,(H,20,22)/t13-/m1/s1. The number of piperazine rings is 1. The van der Waals surface area contributed by atoms with Gasteiger partial charge in [-0.1, -0.05) is 20.8 Å². The minimum absolute atomic E-state index is 0.0284. The van der Waals surface area contributed by atoms with E-state index < -0.39 is 0 Å². The predicted molar refractivity (Wildman–Crippen MR) is 91.6 cm³/mol. The predicted octanol–water partition coefficient (Wildman–Crippen LogP) is 1.90. The molecule has 2 amide bonds. The van der Waals surface area contributed by atoms with Crippen LogP contribution in [0.25, 0.3) is 0 Å². The molecule has 0 radical (unpaired) electrons. The van der Waals surface area contributed by atoms with Gasteiger partial charge in [0.05, 0.1) is 0 Å². The lowest BCUT2D eigenvalue weighted by Gasteiger charge is -2.34. The lowest BCUT2D eigenvalue weighted by Crippen LogP contribution is -2.52. The fourth-order valence-corrected chi connectivity index (χ4v) is 2.52. The Balaban J connectivity index is 2.01. The van der Waals surface area contributed by atoms with E-state index in [4.69, 9.17) is 0 Å². The van der Waals surface area contributed by atoms with Crippen molar-refractivity contribution in [3.05, 3.63) is 35.4 Å². The molecular weight excluding hydrogens is 290 g/mol. The molecule has 23 heavy (non-hydrogen) atoms. The van der Waals surface area contributed by atoms with Crippen LogP contribution in [0.2, 0.25) is 0 Å². The maximum absolute atomic E-state index is 12.5. The van der Waals surface area contributed by atoms with E-state index in [0.29, 0.717) is 24.2 Å². The van der Waals surface area contributed by atoms with Gasteiger partial charge >= 0.3 is 0 Å². The second-order valence-corrected chi connectivity index (χ2v) is 7.37. The normalized spacial score (nSPS) is 18.6. The summed E-state index contributed by atoms with van der Waals surface area (Å²) in [5.41, 5.74) is 1.26. The number of rotatable bonds is 3. The molecule has 5 heteroatoms. The number of carbonyl (C=O) groups excluding carboxylic acids is 2. The first-order chi connectivity index (χ1) is 10.8. The molecular formula is C18H27N3O2. The molecule has 0 unspecified atom stereocenters. The first kappa shape index (κ1) is 17.5. The van der Waals surface area contributed by atoms with Gasteiger partial charge in [-0.2, -0.15) is 0 Å². The maximum Gasteiger partial charge on any atom is 0.254 e. The maximum atomic E-state index is 12.5. The van der Waals surface area contributed by atoms with Crippen molar-refractivity contribution in [2.45, 2.75) is 33.7 Å². The van der Waals surface area contributed by atoms with Crippen LogP contribution in [0.4, 0.5) is 0 Å². The van der Waals surface area contributed by atoms with Crippen molar-refractivity contribution in [1.82, 2.24) is 15.5 Å². The lowest BCUT2D eigenvalue weighted by atomic mass is 9.97. The third-order valence-electron chi connectivity index (χ3n) is 3.94. The number of nitrogens with one attached hydrogen (secondary N) is 2. The van der Waals surface area contributed by atoms with Gasteiger partial charge in [0.1, 0.15) is 0 Å². The average molecular weight is 317 g/mol. The molecule has 1 atom stereocenters. The van der Waals surface area contributed by atoms with Crippen molar-refractivity contribution >= 4 is 11.8 Å². The molecule has 0 spiro atoms. The topological polar surface area (TPSA) is 61.4 Å². The van der Waals surface area contributed by atoms with Crippen LogP contribution in [0.5, 0.6) is 0 Å². The third-order valence-corrected chi connectivity index (χ3v) is 3.94. The summed E-state index contributed by atoms with van der Waals surface area (Å²) >= 11 is 0. The second-order valence-electron chi connectivity index (χ2n) is 7.37. The van der Waals surface area contributed by atoms with E-state index in [2.05, 4.69) is 31.4 Å². The minimum atomic E-state index is -0.102. The molecule has 0 saturated carbocycles. The minimum Gasteiger partial charge on any atom is -0.352 e. The molecule has 0 bridgehead atoms.